The molecule has 0 aliphatic carbocycles. The normalized spacial score (nSPS) is 13.4. The van der Waals surface area contributed by atoms with Crippen molar-refractivity contribution < 1.29 is 14.8 Å². The van der Waals surface area contributed by atoms with E-state index >= 15 is 0 Å². The lowest BCUT2D eigenvalue weighted by atomic mass is 9.94. The van der Waals surface area contributed by atoms with E-state index in [-0.39, 0.29) is 0 Å². The Morgan fingerprint density at radius 3 is 2.29 bits per heavy atom. The van der Waals surface area contributed by atoms with Crippen LogP contribution in [0.1, 0.15) is 63.0 Å². The summed E-state index contributed by atoms with van der Waals surface area (Å²) < 4.78 is 47.9. The lowest BCUT2D eigenvalue weighted by Gasteiger charge is -2.14. The highest BCUT2D eigenvalue weighted by atomic mass is 16.5. The molecule has 0 N–H and O–H groups in total. The zero-order valence-electron chi connectivity index (χ0n) is 36.0. The van der Waals surface area contributed by atoms with Crippen LogP contribution in [0, 0.1) is 12.2 Å². The third-order valence-corrected chi connectivity index (χ3v) is 10.3. The van der Waals surface area contributed by atoms with Gasteiger partial charge in [0, 0.05) is 40.8 Å². The molecule has 9 rings (SSSR count). The highest BCUT2D eigenvalue weighted by Gasteiger charge is 2.18. The lowest BCUT2D eigenvalue weighted by Crippen LogP contribution is -2.29. The Morgan fingerprint density at radius 1 is 0.679 bits per heavy atom. The second-order valence-corrected chi connectivity index (χ2v) is 14.2. The Bertz CT molecular complexity index is 3040. The highest BCUT2D eigenvalue weighted by Crippen LogP contribution is 2.36. The first-order chi connectivity index (χ1) is 28.9. The zero-order valence-corrected chi connectivity index (χ0v) is 32.0. The molecule has 0 spiro atoms. The van der Waals surface area contributed by atoms with E-state index in [1.54, 1.807) is 38.4 Å². The molecule has 0 atom stereocenters. The number of aromatic nitrogens is 5. The number of pyridine rings is 2. The SMILES string of the molecule is [2H]C(CC)(CC)c1cccc(-[n+]2[c-]n(-c3cc(Oc4ccc5c6ccccc6n(-c6cc(C([2H])([2H])C([2H])(C)C)ccn6)c5c4)ccn3)c3ccc(-c4ccccc4)cc32)c1. The number of fused-ring (bicyclic) bond motifs is 4. The van der Waals surface area contributed by atoms with Crippen LogP contribution in [0.15, 0.2) is 152 Å². The number of benzene rings is 5. The van der Waals surface area contributed by atoms with Gasteiger partial charge >= 0.3 is 0 Å². The average Bonchev–Trinajstić information content (AvgIpc) is 3.82. The first-order valence-electron chi connectivity index (χ1n) is 21.2. The summed E-state index contributed by atoms with van der Waals surface area (Å²) in [7, 11) is 0. The summed E-state index contributed by atoms with van der Waals surface area (Å²) in [6.45, 7) is 7.30. The maximum absolute atomic E-state index is 9.19. The first-order valence-corrected chi connectivity index (χ1v) is 19.2. The number of ether oxygens (including phenoxy) is 1. The minimum absolute atomic E-state index is 0.390. The van der Waals surface area contributed by atoms with Crippen LogP contribution >= 0.6 is 0 Å². The number of hydrogen-bond acceptors (Lipinski definition) is 3. The minimum atomic E-state index is -1.91. The topological polar surface area (TPSA) is 48.8 Å². The van der Waals surface area contributed by atoms with Crippen molar-refractivity contribution >= 4 is 32.8 Å². The van der Waals surface area contributed by atoms with Crippen molar-refractivity contribution in [2.45, 2.75) is 52.8 Å². The van der Waals surface area contributed by atoms with Crippen molar-refractivity contribution in [3.63, 3.8) is 0 Å². The third kappa shape index (κ3) is 6.62. The van der Waals surface area contributed by atoms with Crippen LogP contribution in [0.3, 0.4) is 0 Å². The number of hydrogen-bond donors (Lipinski definition) is 0. The van der Waals surface area contributed by atoms with Gasteiger partial charge in [-0.05, 0) is 108 Å². The van der Waals surface area contributed by atoms with Crippen molar-refractivity contribution in [2.24, 2.45) is 5.89 Å². The maximum Gasteiger partial charge on any atom is 0.271 e. The fourth-order valence-electron chi connectivity index (χ4n) is 7.69. The van der Waals surface area contributed by atoms with Crippen molar-refractivity contribution in [2.75, 3.05) is 0 Å². The van der Waals surface area contributed by atoms with Gasteiger partial charge < -0.3 is 4.74 Å². The molecule has 56 heavy (non-hydrogen) atoms. The van der Waals surface area contributed by atoms with Gasteiger partial charge in [0.25, 0.3) is 6.33 Å². The van der Waals surface area contributed by atoms with Gasteiger partial charge in [-0.15, -0.1) is 0 Å². The Labute approximate surface area is 333 Å². The van der Waals surface area contributed by atoms with Crippen LogP contribution in [0.25, 0.3) is 61.3 Å². The van der Waals surface area contributed by atoms with Crippen LogP contribution < -0.4 is 9.30 Å². The van der Waals surface area contributed by atoms with Crippen LogP contribution in [0.2, 0.25) is 0 Å². The highest BCUT2D eigenvalue weighted by molar-refractivity contribution is 6.09. The predicted octanol–water partition coefficient (Wildman–Crippen LogP) is 12.2. The molecule has 0 saturated heterocycles. The van der Waals surface area contributed by atoms with Crippen LogP contribution in [-0.2, 0) is 6.37 Å². The van der Waals surface area contributed by atoms with E-state index in [0.717, 1.165) is 55.2 Å². The molecule has 4 heterocycles. The summed E-state index contributed by atoms with van der Waals surface area (Å²) in [6.07, 6.45) is 6.45. The molecule has 0 aliphatic heterocycles. The molecule has 276 valence electrons. The Morgan fingerprint density at radius 2 is 1.45 bits per heavy atom. The van der Waals surface area contributed by atoms with E-state index in [4.69, 9.17) is 18.8 Å². The maximum atomic E-state index is 9.19. The fourth-order valence-corrected chi connectivity index (χ4v) is 7.69. The van der Waals surface area contributed by atoms with E-state index in [0.29, 0.717) is 41.5 Å². The van der Waals surface area contributed by atoms with Gasteiger partial charge in [-0.3, -0.25) is 18.7 Å². The van der Waals surface area contributed by atoms with Gasteiger partial charge in [0.2, 0.25) is 0 Å². The molecule has 6 heteroatoms. The average molecular weight is 736 g/mol. The Kier molecular flexibility index (Phi) is 8.21. The van der Waals surface area contributed by atoms with E-state index in [2.05, 4.69) is 73.3 Å². The van der Waals surface area contributed by atoms with Crippen molar-refractivity contribution in [3.05, 3.63) is 169 Å². The lowest BCUT2D eigenvalue weighted by molar-refractivity contribution is -0.572. The molecule has 0 radical (unpaired) electrons. The van der Waals surface area contributed by atoms with Gasteiger partial charge in [0.05, 0.1) is 27.8 Å². The van der Waals surface area contributed by atoms with E-state index in [1.807, 2.05) is 88.0 Å². The van der Waals surface area contributed by atoms with Crippen molar-refractivity contribution in [1.29, 1.82) is 0 Å². The molecule has 0 fully saturated rings. The smallest absolute Gasteiger partial charge is 0.271 e. The molecule has 4 aromatic heterocycles. The van der Waals surface area contributed by atoms with Gasteiger partial charge in [0.15, 0.2) is 5.82 Å². The molecule has 0 unspecified atom stereocenters. The largest absolute Gasteiger partial charge is 0.458 e. The van der Waals surface area contributed by atoms with Crippen molar-refractivity contribution in [1.82, 2.24) is 19.1 Å². The van der Waals surface area contributed by atoms with Gasteiger partial charge in [-0.2, -0.15) is 0 Å². The molecule has 9 aromatic rings. The Hall–Kier alpha value is -6.53. The van der Waals surface area contributed by atoms with Crippen LogP contribution in [0.5, 0.6) is 11.5 Å². The zero-order chi connectivity index (χ0) is 41.8. The van der Waals surface area contributed by atoms with Gasteiger partial charge in [-0.25, -0.2) is 4.98 Å². The summed E-state index contributed by atoms with van der Waals surface area (Å²) in [5.74, 6) is 0.314. The molecule has 0 amide bonds. The van der Waals surface area contributed by atoms with E-state index < -0.39 is 18.2 Å². The quantitative estimate of drug-likeness (QED) is 0.0981. The molecular weight excluding hydrogens is 687 g/mol. The van der Waals surface area contributed by atoms with E-state index in [1.165, 1.54) is 0 Å². The van der Waals surface area contributed by atoms with Crippen LogP contribution in [0.4, 0.5) is 0 Å². The number of nitrogens with zero attached hydrogens (tertiary/aromatic N) is 5. The second kappa shape index (κ2) is 15.0. The van der Waals surface area contributed by atoms with E-state index in [9.17, 15) is 1.37 Å². The van der Waals surface area contributed by atoms with Crippen LogP contribution in [-0.4, -0.2) is 19.1 Å². The summed E-state index contributed by atoms with van der Waals surface area (Å²) in [5, 5.41) is 2.03. The van der Waals surface area contributed by atoms with Crippen molar-refractivity contribution in [3.8, 4) is 39.9 Å². The standard InChI is InChI=1S/C50H45N5O/c1-5-36(6-2)38-15-12-16-40(29-38)53-33-54(46-22-19-39(30-48(46)53)37-13-8-7-9-14-37)49-32-42(24-26-51-49)56-41-20-21-44-43-17-10-11-18-45(43)55(47(44)31-41)50-28-35(23-25-52-50)27-34(3)4/h7-26,28-32,34,36H,5-6,27H2,1-4H3/i27D2,34D,36D. The van der Waals surface area contributed by atoms with Gasteiger partial charge in [0.1, 0.15) is 17.3 Å². The molecular formula is C50H45N5O. The molecule has 0 saturated carbocycles. The second-order valence-electron chi connectivity index (χ2n) is 14.2. The van der Waals surface area contributed by atoms with Gasteiger partial charge in [-0.1, -0.05) is 100 Å². The summed E-state index contributed by atoms with van der Waals surface area (Å²) in [5.41, 5.74) is 8.09. The predicted molar refractivity (Wildman–Crippen MR) is 227 cm³/mol. The number of rotatable bonds is 11. The third-order valence-electron chi connectivity index (χ3n) is 10.3. The summed E-state index contributed by atoms with van der Waals surface area (Å²) in [4.78, 5) is 9.50. The fraction of sp³-hybridized carbons (Fsp3) is 0.180. The molecule has 0 bridgehead atoms. The first kappa shape index (κ1) is 30.8. The molecule has 6 nitrogen and oxygen atoms in total. The number of imidazole rings is 1. The monoisotopic (exact) mass is 735 g/mol. The molecule has 5 aromatic carbocycles. The minimum Gasteiger partial charge on any atom is -0.458 e. The number of para-hydroxylation sites is 1. The summed E-state index contributed by atoms with van der Waals surface area (Å²) in [6, 6.07) is 46.1. The summed E-state index contributed by atoms with van der Waals surface area (Å²) >= 11 is 0. The molecule has 0 aliphatic rings. The Balaban J connectivity index is 1.13.